The van der Waals surface area contributed by atoms with Crippen molar-refractivity contribution in [2.75, 3.05) is 6.61 Å². The number of nitriles is 1. The summed E-state index contributed by atoms with van der Waals surface area (Å²) in [5.41, 5.74) is 7.38. The molecule has 2 N–H and O–H groups in total. The van der Waals surface area contributed by atoms with Gasteiger partial charge < -0.3 is 15.2 Å². The van der Waals surface area contributed by atoms with Crippen LogP contribution < -0.4 is 5.73 Å². The van der Waals surface area contributed by atoms with Gasteiger partial charge in [-0.1, -0.05) is 6.92 Å². The molecule has 1 aliphatic rings. The van der Waals surface area contributed by atoms with Gasteiger partial charge in [0, 0.05) is 6.42 Å². The molecular weight excluding hydrogens is 300 g/mol. The van der Waals surface area contributed by atoms with Gasteiger partial charge >= 0.3 is 5.97 Å². The molecule has 1 aromatic rings. The Morgan fingerprint density at radius 2 is 2.32 bits per heavy atom. The molecule has 1 aliphatic heterocycles. The van der Waals surface area contributed by atoms with Crippen molar-refractivity contribution in [2.45, 2.75) is 32.6 Å². The molecule has 1 aromatic heterocycles. The molecule has 0 saturated carbocycles. The average molecular weight is 318 g/mol. The van der Waals surface area contributed by atoms with E-state index in [-0.39, 0.29) is 18.1 Å². The van der Waals surface area contributed by atoms with E-state index in [4.69, 9.17) is 15.2 Å². The number of thiophene rings is 1. The SMILES string of the molecule is CCCC1=C(C(=O)OCC)[C@H](c2ccsc2)C(C#N)=C(N)O1. The molecule has 0 amide bonds. The summed E-state index contributed by atoms with van der Waals surface area (Å²) in [4.78, 5) is 12.4. The molecule has 0 spiro atoms. The third-order valence-electron chi connectivity index (χ3n) is 3.35. The lowest BCUT2D eigenvalue weighted by molar-refractivity contribution is -0.139. The van der Waals surface area contributed by atoms with Gasteiger partial charge in [-0.3, -0.25) is 0 Å². The lowest BCUT2D eigenvalue weighted by Crippen LogP contribution is -2.26. The van der Waals surface area contributed by atoms with Crippen LogP contribution >= 0.6 is 11.3 Å². The Labute approximate surface area is 133 Å². The highest BCUT2D eigenvalue weighted by atomic mass is 32.1. The van der Waals surface area contributed by atoms with Crippen LogP contribution in [0.1, 0.15) is 38.2 Å². The predicted octanol–water partition coefficient (Wildman–Crippen LogP) is 3.17. The standard InChI is InChI=1S/C16H18N2O3S/c1-3-5-12-14(16(19)20-4-2)13(10-6-7-22-9-10)11(8-17)15(18)21-12/h6-7,9,13H,3-5,18H2,1-2H3/t13-/m1/s1. The van der Waals surface area contributed by atoms with Crippen molar-refractivity contribution in [3.8, 4) is 6.07 Å². The average Bonchev–Trinajstić information content (AvgIpc) is 3.01. The first-order valence-electron chi connectivity index (χ1n) is 7.13. The van der Waals surface area contributed by atoms with E-state index < -0.39 is 11.9 Å². The van der Waals surface area contributed by atoms with Crippen molar-refractivity contribution < 1.29 is 14.3 Å². The van der Waals surface area contributed by atoms with Crippen LogP contribution in [0.25, 0.3) is 0 Å². The number of carbonyl (C=O) groups excluding carboxylic acids is 1. The van der Waals surface area contributed by atoms with Gasteiger partial charge in [-0.15, -0.1) is 0 Å². The van der Waals surface area contributed by atoms with Gasteiger partial charge in [0.05, 0.1) is 18.1 Å². The minimum Gasteiger partial charge on any atom is -0.463 e. The van der Waals surface area contributed by atoms with Gasteiger partial charge in [-0.2, -0.15) is 16.6 Å². The topological polar surface area (TPSA) is 85.3 Å². The van der Waals surface area contributed by atoms with Gasteiger partial charge in [-0.05, 0) is 35.7 Å². The second kappa shape index (κ2) is 7.14. The van der Waals surface area contributed by atoms with E-state index in [1.165, 1.54) is 11.3 Å². The van der Waals surface area contributed by atoms with Gasteiger partial charge in [0.2, 0.25) is 5.88 Å². The van der Waals surface area contributed by atoms with Gasteiger partial charge in [0.15, 0.2) is 0 Å². The number of nitrogens with zero attached hydrogens (tertiary/aromatic N) is 1. The molecule has 2 heterocycles. The summed E-state index contributed by atoms with van der Waals surface area (Å²) >= 11 is 1.50. The molecule has 0 bridgehead atoms. The summed E-state index contributed by atoms with van der Waals surface area (Å²) in [5.74, 6) is -0.420. The molecule has 5 nitrogen and oxygen atoms in total. The molecule has 2 rings (SSSR count). The monoisotopic (exact) mass is 318 g/mol. The Morgan fingerprint density at radius 1 is 1.55 bits per heavy atom. The highest BCUT2D eigenvalue weighted by Gasteiger charge is 2.37. The zero-order chi connectivity index (χ0) is 16.1. The number of rotatable bonds is 5. The first-order chi connectivity index (χ1) is 10.6. The molecule has 1 atom stereocenters. The minimum absolute atomic E-state index is 0.0650. The highest BCUT2D eigenvalue weighted by Crippen LogP contribution is 2.41. The van der Waals surface area contributed by atoms with E-state index in [0.717, 1.165) is 12.0 Å². The van der Waals surface area contributed by atoms with Crippen LogP contribution in [0.15, 0.2) is 39.6 Å². The number of hydrogen-bond acceptors (Lipinski definition) is 6. The van der Waals surface area contributed by atoms with Crippen LogP contribution in [0, 0.1) is 11.3 Å². The summed E-state index contributed by atoms with van der Waals surface area (Å²) in [6.07, 6.45) is 1.36. The van der Waals surface area contributed by atoms with E-state index in [1.807, 2.05) is 23.8 Å². The highest BCUT2D eigenvalue weighted by molar-refractivity contribution is 7.08. The third kappa shape index (κ3) is 3.00. The van der Waals surface area contributed by atoms with Crippen LogP contribution in [0.2, 0.25) is 0 Å². The molecule has 6 heteroatoms. The van der Waals surface area contributed by atoms with Crippen molar-refractivity contribution in [1.29, 1.82) is 5.26 Å². The van der Waals surface area contributed by atoms with Gasteiger partial charge in [0.1, 0.15) is 17.4 Å². The molecule has 0 aromatic carbocycles. The summed E-state index contributed by atoms with van der Waals surface area (Å²) in [7, 11) is 0. The number of nitrogens with two attached hydrogens (primary N) is 1. The van der Waals surface area contributed by atoms with Crippen molar-refractivity contribution >= 4 is 17.3 Å². The molecular formula is C16H18N2O3S. The third-order valence-corrected chi connectivity index (χ3v) is 4.05. The Hall–Kier alpha value is -2.26. The van der Waals surface area contributed by atoms with Crippen LogP contribution in [0.3, 0.4) is 0 Å². The number of hydrogen-bond donors (Lipinski definition) is 1. The van der Waals surface area contributed by atoms with Crippen molar-refractivity contribution in [3.05, 3.63) is 45.2 Å². The largest absolute Gasteiger partial charge is 0.463 e. The normalized spacial score (nSPS) is 18.0. The fourth-order valence-electron chi connectivity index (χ4n) is 2.44. The van der Waals surface area contributed by atoms with E-state index in [1.54, 1.807) is 6.92 Å². The zero-order valence-electron chi connectivity index (χ0n) is 12.6. The second-order valence-corrected chi connectivity index (χ2v) is 5.57. The molecule has 0 aliphatic carbocycles. The smallest absolute Gasteiger partial charge is 0.338 e. The maximum Gasteiger partial charge on any atom is 0.338 e. The van der Waals surface area contributed by atoms with Crippen molar-refractivity contribution in [2.24, 2.45) is 5.73 Å². The second-order valence-electron chi connectivity index (χ2n) is 4.79. The Bertz CT molecular complexity index is 653. The zero-order valence-corrected chi connectivity index (χ0v) is 13.4. The Balaban J connectivity index is 2.59. The Kier molecular flexibility index (Phi) is 5.23. The van der Waals surface area contributed by atoms with Crippen molar-refractivity contribution in [1.82, 2.24) is 0 Å². The van der Waals surface area contributed by atoms with E-state index in [2.05, 4.69) is 6.07 Å². The molecule has 0 saturated heterocycles. The van der Waals surface area contributed by atoms with Crippen LogP contribution in [0.4, 0.5) is 0 Å². The fourth-order valence-corrected chi connectivity index (χ4v) is 3.12. The minimum atomic E-state index is -0.523. The summed E-state index contributed by atoms with van der Waals surface area (Å²) in [5, 5.41) is 13.2. The summed E-state index contributed by atoms with van der Waals surface area (Å²) in [6.45, 7) is 3.99. The van der Waals surface area contributed by atoms with Gasteiger partial charge in [0.25, 0.3) is 0 Å². The van der Waals surface area contributed by atoms with Crippen LogP contribution in [-0.2, 0) is 14.3 Å². The maximum absolute atomic E-state index is 12.4. The van der Waals surface area contributed by atoms with E-state index >= 15 is 0 Å². The van der Waals surface area contributed by atoms with Crippen LogP contribution in [0.5, 0.6) is 0 Å². The van der Waals surface area contributed by atoms with Gasteiger partial charge in [-0.25, -0.2) is 4.79 Å². The quantitative estimate of drug-likeness (QED) is 0.843. The number of carbonyl (C=O) groups is 1. The van der Waals surface area contributed by atoms with E-state index in [9.17, 15) is 10.1 Å². The van der Waals surface area contributed by atoms with E-state index in [0.29, 0.717) is 17.8 Å². The number of ether oxygens (including phenoxy) is 2. The molecule has 0 unspecified atom stereocenters. The van der Waals surface area contributed by atoms with Crippen molar-refractivity contribution in [3.63, 3.8) is 0 Å². The molecule has 22 heavy (non-hydrogen) atoms. The Morgan fingerprint density at radius 3 is 2.86 bits per heavy atom. The summed E-state index contributed by atoms with van der Waals surface area (Å²) < 4.78 is 10.7. The molecule has 0 radical (unpaired) electrons. The van der Waals surface area contributed by atoms with Crippen LogP contribution in [-0.4, -0.2) is 12.6 Å². The predicted molar refractivity (Wildman–Crippen MR) is 83.5 cm³/mol. The molecule has 116 valence electrons. The first-order valence-corrected chi connectivity index (χ1v) is 8.08. The number of allylic oxidation sites excluding steroid dienone is 2. The lowest BCUT2D eigenvalue weighted by atomic mass is 9.83. The summed E-state index contributed by atoms with van der Waals surface area (Å²) in [6, 6.07) is 3.96. The first kappa shape index (κ1) is 16.1. The lowest BCUT2D eigenvalue weighted by Gasteiger charge is -2.27. The fraction of sp³-hybridized carbons (Fsp3) is 0.375. The maximum atomic E-state index is 12.4. The molecule has 0 fully saturated rings. The number of esters is 1.